The van der Waals surface area contributed by atoms with Crippen molar-refractivity contribution < 1.29 is 29.7 Å². The molecule has 0 bridgehead atoms. The molecule has 0 heterocycles. The predicted octanol–water partition coefficient (Wildman–Crippen LogP) is 3.65. The minimum Gasteiger partial charge on any atom is -0.507 e. The monoisotopic (exact) mass is 357 g/mol. The number of carboxylic acid groups (broad SMARTS) is 2. The number of amides is 2. The summed E-state index contributed by atoms with van der Waals surface area (Å²) in [4.78, 5) is 35.4. The van der Waals surface area contributed by atoms with Gasteiger partial charge in [-0.3, -0.25) is 4.79 Å². The summed E-state index contributed by atoms with van der Waals surface area (Å²) in [5.41, 5.74) is -0.545. The Kier molecular flexibility index (Phi) is 5.63. The predicted molar refractivity (Wildman–Crippen MR) is 90.4 cm³/mol. The van der Waals surface area contributed by atoms with Gasteiger partial charge in [0.2, 0.25) is 0 Å². The molecule has 2 rings (SSSR count). The summed E-state index contributed by atoms with van der Waals surface area (Å²) in [6, 6.07) is 10.3. The number of azo groups is 1. The van der Waals surface area contributed by atoms with Gasteiger partial charge in [-0.15, -0.1) is 5.11 Å². The molecular weight excluding hydrogens is 342 g/mol. The first-order valence-corrected chi connectivity index (χ1v) is 7.47. The van der Waals surface area contributed by atoms with E-state index >= 15 is 0 Å². The summed E-state index contributed by atoms with van der Waals surface area (Å²) >= 11 is 0. The zero-order valence-electron chi connectivity index (χ0n) is 13.7. The van der Waals surface area contributed by atoms with E-state index in [1.807, 2.05) is 0 Å². The minimum atomic E-state index is -1.49. The maximum Gasteiger partial charge on any atom is 0.414 e. The first kappa shape index (κ1) is 18.6. The highest BCUT2D eigenvalue weighted by Gasteiger charge is 2.26. The minimum absolute atomic E-state index is 0.146. The Labute approximate surface area is 147 Å². The molecule has 0 atom stereocenters. The van der Waals surface area contributed by atoms with Gasteiger partial charge < -0.3 is 15.3 Å². The molecule has 134 valence electrons. The fourth-order valence-corrected chi connectivity index (χ4v) is 2.12. The second-order valence-electron chi connectivity index (χ2n) is 5.06. The number of aromatic carboxylic acids is 1. The van der Waals surface area contributed by atoms with E-state index in [0.717, 1.165) is 12.1 Å². The molecule has 0 aliphatic carbocycles. The van der Waals surface area contributed by atoms with Crippen LogP contribution in [0.1, 0.15) is 27.6 Å². The van der Waals surface area contributed by atoms with Crippen LogP contribution in [0, 0.1) is 0 Å². The van der Waals surface area contributed by atoms with Gasteiger partial charge in [-0.1, -0.05) is 18.2 Å². The number of nitrogens with zero attached hydrogens (tertiary/aromatic N) is 3. The molecule has 9 nitrogen and oxygen atoms in total. The molecule has 26 heavy (non-hydrogen) atoms. The third kappa shape index (κ3) is 4.01. The van der Waals surface area contributed by atoms with Crippen LogP contribution < -0.4 is 0 Å². The van der Waals surface area contributed by atoms with Crippen molar-refractivity contribution in [1.82, 2.24) is 4.90 Å². The molecule has 0 saturated heterocycles. The molecular formula is C17H15N3O6. The van der Waals surface area contributed by atoms with Gasteiger partial charge in [-0.25, -0.2) is 14.5 Å². The van der Waals surface area contributed by atoms with Gasteiger partial charge in [-0.2, -0.15) is 5.11 Å². The fraction of sp³-hybridized carbons (Fsp3) is 0.118. The fourth-order valence-electron chi connectivity index (χ4n) is 2.12. The average Bonchev–Trinajstić information content (AvgIpc) is 2.60. The Bertz CT molecular complexity index is 880. The van der Waals surface area contributed by atoms with Crippen LogP contribution in [0.3, 0.4) is 0 Å². The molecule has 3 N–H and O–H groups in total. The Morgan fingerprint density at radius 3 is 2.19 bits per heavy atom. The van der Waals surface area contributed by atoms with Crippen LogP contribution in [-0.2, 0) is 0 Å². The lowest BCUT2D eigenvalue weighted by Crippen LogP contribution is -2.35. The number of phenols is 1. The number of hydrogen-bond acceptors (Lipinski definition) is 6. The molecule has 0 fully saturated rings. The van der Waals surface area contributed by atoms with Crippen molar-refractivity contribution in [2.24, 2.45) is 10.2 Å². The Morgan fingerprint density at radius 1 is 1.00 bits per heavy atom. The number of benzene rings is 2. The van der Waals surface area contributed by atoms with Gasteiger partial charge in [0, 0.05) is 12.6 Å². The average molecular weight is 357 g/mol. The van der Waals surface area contributed by atoms with Gasteiger partial charge >= 0.3 is 12.1 Å². The van der Waals surface area contributed by atoms with Crippen molar-refractivity contribution in [3.63, 3.8) is 0 Å². The van der Waals surface area contributed by atoms with E-state index < -0.39 is 29.3 Å². The molecule has 0 saturated carbocycles. The summed E-state index contributed by atoms with van der Waals surface area (Å²) in [6.45, 7) is 1.31. The molecule has 2 aromatic carbocycles. The molecule has 0 radical (unpaired) electrons. The van der Waals surface area contributed by atoms with Crippen LogP contribution in [0.2, 0.25) is 0 Å². The topological polar surface area (TPSA) is 140 Å². The van der Waals surface area contributed by atoms with E-state index in [-0.39, 0.29) is 17.8 Å². The molecule has 0 aliphatic rings. The highest BCUT2D eigenvalue weighted by Crippen LogP contribution is 2.31. The number of carboxylic acids is 1. The van der Waals surface area contributed by atoms with Crippen LogP contribution in [0.4, 0.5) is 16.2 Å². The second-order valence-corrected chi connectivity index (χ2v) is 5.06. The summed E-state index contributed by atoms with van der Waals surface area (Å²) in [5.74, 6) is -3.06. The summed E-state index contributed by atoms with van der Waals surface area (Å²) in [7, 11) is 0. The smallest absolute Gasteiger partial charge is 0.414 e. The van der Waals surface area contributed by atoms with Crippen molar-refractivity contribution in [3.05, 3.63) is 53.6 Å². The molecule has 0 aromatic heterocycles. The van der Waals surface area contributed by atoms with Crippen molar-refractivity contribution in [1.29, 1.82) is 0 Å². The summed E-state index contributed by atoms with van der Waals surface area (Å²) in [6.07, 6.45) is -1.49. The first-order valence-electron chi connectivity index (χ1n) is 7.47. The van der Waals surface area contributed by atoms with Crippen molar-refractivity contribution in [2.75, 3.05) is 6.54 Å². The van der Waals surface area contributed by atoms with E-state index in [9.17, 15) is 19.5 Å². The van der Waals surface area contributed by atoms with Crippen molar-refractivity contribution in [2.45, 2.75) is 6.92 Å². The lowest BCUT2D eigenvalue weighted by atomic mass is 10.1. The molecule has 2 aromatic rings. The third-order valence-electron chi connectivity index (χ3n) is 3.40. The molecule has 2 amide bonds. The van der Waals surface area contributed by atoms with Gasteiger partial charge in [0.15, 0.2) is 0 Å². The van der Waals surface area contributed by atoms with Crippen LogP contribution in [0.25, 0.3) is 0 Å². The molecule has 0 spiro atoms. The second kappa shape index (κ2) is 7.88. The van der Waals surface area contributed by atoms with E-state index in [4.69, 9.17) is 10.2 Å². The zero-order chi connectivity index (χ0) is 19.3. The van der Waals surface area contributed by atoms with Gasteiger partial charge in [-0.05, 0) is 25.1 Å². The van der Waals surface area contributed by atoms with E-state index in [1.54, 1.807) is 30.3 Å². The number of carbonyl (C=O) groups excluding carboxylic acids is 1. The van der Waals surface area contributed by atoms with Crippen LogP contribution >= 0.6 is 0 Å². The lowest BCUT2D eigenvalue weighted by Gasteiger charge is -2.16. The standard InChI is InChI=1S/C17H15N3O6/c1-2-20(17(25)26)15(22)11-8-12(16(23)24)14(21)9-13(11)19-18-10-6-4-3-5-7-10/h3-9,21H,2H2,1H3,(H,23,24)(H,25,26). The van der Waals surface area contributed by atoms with E-state index in [0.29, 0.717) is 10.6 Å². The van der Waals surface area contributed by atoms with Crippen LogP contribution in [0.5, 0.6) is 5.75 Å². The molecule has 0 unspecified atom stereocenters. The molecule has 9 heteroatoms. The van der Waals surface area contributed by atoms with Crippen LogP contribution in [0.15, 0.2) is 52.7 Å². The summed E-state index contributed by atoms with van der Waals surface area (Å²) < 4.78 is 0. The maximum absolute atomic E-state index is 12.5. The largest absolute Gasteiger partial charge is 0.507 e. The number of rotatable bonds is 5. The lowest BCUT2D eigenvalue weighted by molar-refractivity contribution is 0.0693. The van der Waals surface area contributed by atoms with Gasteiger partial charge in [0.1, 0.15) is 17.0 Å². The van der Waals surface area contributed by atoms with E-state index in [2.05, 4.69) is 10.2 Å². The number of imide groups is 1. The van der Waals surface area contributed by atoms with Crippen molar-refractivity contribution >= 4 is 29.3 Å². The van der Waals surface area contributed by atoms with Crippen molar-refractivity contribution in [3.8, 4) is 5.75 Å². The highest BCUT2D eigenvalue weighted by molar-refractivity contribution is 6.07. The number of carbonyl (C=O) groups is 3. The van der Waals surface area contributed by atoms with Gasteiger partial charge in [0.25, 0.3) is 5.91 Å². The maximum atomic E-state index is 12.5. The zero-order valence-corrected chi connectivity index (χ0v) is 13.7. The Morgan fingerprint density at radius 2 is 1.65 bits per heavy atom. The highest BCUT2D eigenvalue weighted by atomic mass is 16.4. The Hall–Kier alpha value is -3.75. The number of hydrogen-bond donors (Lipinski definition) is 3. The van der Waals surface area contributed by atoms with Gasteiger partial charge in [0.05, 0.1) is 11.3 Å². The first-order chi connectivity index (χ1) is 12.3. The normalized spacial score (nSPS) is 10.7. The number of aromatic hydroxyl groups is 1. The molecule has 0 aliphatic heterocycles. The quantitative estimate of drug-likeness (QED) is 0.698. The van der Waals surface area contributed by atoms with Crippen LogP contribution in [-0.4, -0.2) is 44.7 Å². The summed E-state index contributed by atoms with van der Waals surface area (Å²) in [5, 5.41) is 35.9. The SMILES string of the molecule is CCN(C(=O)O)C(=O)c1cc(C(=O)O)c(O)cc1N=Nc1ccccc1. The Balaban J connectivity index is 2.57. The van der Waals surface area contributed by atoms with E-state index in [1.165, 1.54) is 6.92 Å². The third-order valence-corrected chi connectivity index (χ3v) is 3.40.